The van der Waals surface area contributed by atoms with E-state index in [-0.39, 0.29) is 24.8 Å². The molecule has 0 saturated heterocycles. The number of halogens is 2. The summed E-state index contributed by atoms with van der Waals surface area (Å²) in [5.41, 5.74) is 5.01. The van der Waals surface area contributed by atoms with Gasteiger partial charge in [0.2, 0.25) is 5.92 Å². The lowest BCUT2D eigenvalue weighted by Crippen LogP contribution is -2.36. The van der Waals surface area contributed by atoms with Gasteiger partial charge in [0.25, 0.3) is 0 Å². The summed E-state index contributed by atoms with van der Waals surface area (Å²) in [6.45, 7) is 6.60. The van der Waals surface area contributed by atoms with Crippen LogP contribution in [-0.4, -0.2) is 38.6 Å². The first kappa shape index (κ1) is 19.3. The zero-order valence-electron chi connectivity index (χ0n) is 17.1. The Morgan fingerprint density at radius 3 is 2.70 bits per heavy atom. The number of hydrogen-bond acceptors (Lipinski definition) is 5. The van der Waals surface area contributed by atoms with E-state index in [0.717, 1.165) is 41.3 Å². The third kappa shape index (κ3) is 3.75. The maximum atomic E-state index is 13.8. The lowest BCUT2D eigenvalue weighted by Gasteiger charge is -2.34. The molecule has 5 rings (SSSR count). The van der Waals surface area contributed by atoms with Crippen molar-refractivity contribution >= 4 is 17.1 Å². The topological polar surface area (TPSA) is 66.9 Å². The van der Waals surface area contributed by atoms with Crippen LogP contribution in [0.25, 0.3) is 5.65 Å². The van der Waals surface area contributed by atoms with E-state index < -0.39 is 5.92 Å². The first-order valence-electron chi connectivity index (χ1n) is 10.7. The average molecular weight is 412 g/mol. The van der Waals surface area contributed by atoms with Gasteiger partial charge in [0.05, 0.1) is 35.0 Å². The van der Waals surface area contributed by atoms with Crippen molar-refractivity contribution in [3.05, 3.63) is 42.0 Å². The number of fused-ring (bicyclic) bond motifs is 1. The van der Waals surface area contributed by atoms with Crippen LogP contribution >= 0.6 is 0 Å². The largest absolute Gasteiger partial charge is 0.375 e. The molecule has 3 aliphatic rings. The molecule has 2 saturated carbocycles. The van der Waals surface area contributed by atoms with E-state index in [1.54, 1.807) is 4.52 Å². The van der Waals surface area contributed by atoms with Crippen molar-refractivity contribution in [2.45, 2.75) is 57.4 Å². The number of aromatic nitrogens is 3. The zero-order chi connectivity index (χ0) is 20.9. The van der Waals surface area contributed by atoms with Crippen LogP contribution in [0.15, 0.2) is 40.6 Å². The number of imidazole rings is 1. The SMILES string of the molecule is C=C(NC(c1cn2nc(C)ccc2n1)C1CCC(F)(F)CC1)C1=NCN=C1C1CC1. The van der Waals surface area contributed by atoms with Gasteiger partial charge in [-0.15, -0.1) is 0 Å². The zero-order valence-corrected chi connectivity index (χ0v) is 17.1. The van der Waals surface area contributed by atoms with Crippen LogP contribution in [0, 0.1) is 18.8 Å². The smallest absolute Gasteiger partial charge is 0.248 e. The van der Waals surface area contributed by atoms with Gasteiger partial charge in [-0.1, -0.05) is 6.58 Å². The average Bonchev–Trinajstić information content (AvgIpc) is 3.28. The van der Waals surface area contributed by atoms with E-state index in [9.17, 15) is 8.78 Å². The maximum Gasteiger partial charge on any atom is 0.248 e. The minimum Gasteiger partial charge on any atom is -0.375 e. The lowest BCUT2D eigenvalue weighted by atomic mass is 9.81. The predicted molar refractivity (Wildman–Crippen MR) is 112 cm³/mol. The number of nitrogens with zero attached hydrogens (tertiary/aromatic N) is 5. The van der Waals surface area contributed by atoms with Crippen molar-refractivity contribution in [2.75, 3.05) is 6.67 Å². The molecule has 158 valence electrons. The van der Waals surface area contributed by atoms with Crippen LogP contribution < -0.4 is 5.32 Å². The van der Waals surface area contributed by atoms with E-state index in [1.807, 2.05) is 25.3 Å². The minimum atomic E-state index is -2.57. The van der Waals surface area contributed by atoms with E-state index in [1.165, 1.54) is 0 Å². The molecule has 2 fully saturated rings. The van der Waals surface area contributed by atoms with E-state index in [4.69, 9.17) is 4.98 Å². The summed E-state index contributed by atoms with van der Waals surface area (Å²) in [6.07, 6.45) is 4.87. The molecule has 2 aromatic heterocycles. The van der Waals surface area contributed by atoms with Crippen molar-refractivity contribution < 1.29 is 8.78 Å². The molecule has 2 aromatic rings. The van der Waals surface area contributed by atoms with Crippen molar-refractivity contribution in [3.8, 4) is 0 Å². The van der Waals surface area contributed by atoms with Gasteiger partial charge in [-0.3, -0.25) is 9.98 Å². The minimum absolute atomic E-state index is 0.0377. The second-order valence-electron chi connectivity index (χ2n) is 8.70. The van der Waals surface area contributed by atoms with Gasteiger partial charge in [0.1, 0.15) is 12.4 Å². The molecule has 0 spiro atoms. The van der Waals surface area contributed by atoms with Crippen LogP contribution in [0.2, 0.25) is 0 Å². The van der Waals surface area contributed by atoms with Crippen molar-refractivity contribution in [1.82, 2.24) is 19.9 Å². The number of hydrogen-bond donors (Lipinski definition) is 1. The maximum absolute atomic E-state index is 13.8. The second-order valence-corrected chi connectivity index (χ2v) is 8.70. The Morgan fingerprint density at radius 1 is 1.20 bits per heavy atom. The molecule has 1 unspecified atom stereocenters. The van der Waals surface area contributed by atoms with Gasteiger partial charge < -0.3 is 5.32 Å². The predicted octanol–water partition coefficient (Wildman–Crippen LogP) is 4.27. The fourth-order valence-corrected chi connectivity index (χ4v) is 4.50. The Labute approximate surface area is 174 Å². The third-order valence-electron chi connectivity index (χ3n) is 6.32. The summed E-state index contributed by atoms with van der Waals surface area (Å²) in [5.74, 6) is -2.05. The highest BCUT2D eigenvalue weighted by Crippen LogP contribution is 2.42. The number of aliphatic imine (C=N–C) groups is 2. The summed E-state index contributed by atoms with van der Waals surface area (Å²) < 4.78 is 29.4. The molecule has 0 radical (unpaired) electrons. The molecule has 0 amide bonds. The normalized spacial score (nSPS) is 22.6. The Morgan fingerprint density at radius 2 is 1.97 bits per heavy atom. The van der Waals surface area contributed by atoms with Crippen LogP contribution in [0.5, 0.6) is 0 Å². The highest BCUT2D eigenvalue weighted by molar-refractivity contribution is 6.50. The van der Waals surface area contributed by atoms with Crippen LogP contribution in [0.1, 0.15) is 56.0 Å². The summed E-state index contributed by atoms with van der Waals surface area (Å²) in [4.78, 5) is 13.8. The van der Waals surface area contributed by atoms with Crippen molar-refractivity contribution in [2.24, 2.45) is 21.8 Å². The molecule has 1 N–H and O–H groups in total. The van der Waals surface area contributed by atoms with Gasteiger partial charge in [0.15, 0.2) is 5.65 Å². The van der Waals surface area contributed by atoms with Crippen molar-refractivity contribution in [1.29, 1.82) is 0 Å². The number of rotatable bonds is 6. The van der Waals surface area contributed by atoms with Crippen LogP contribution in [-0.2, 0) is 0 Å². The standard InChI is InChI=1S/C22H26F2N6/c1-13-3-6-18-28-17(11-30(18)29-13)20(16-7-9-22(23,24)10-8-16)27-14(2)19-21(15-4-5-15)26-12-25-19/h3,6,11,15-16,20,27H,2,4-5,7-10,12H2,1H3. The summed E-state index contributed by atoms with van der Waals surface area (Å²) in [5, 5.41) is 7.99. The number of nitrogens with one attached hydrogen (secondary N) is 1. The van der Waals surface area contributed by atoms with Gasteiger partial charge in [0, 0.05) is 18.8 Å². The van der Waals surface area contributed by atoms with Crippen molar-refractivity contribution in [3.63, 3.8) is 0 Å². The van der Waals surface area contributed by atoms with Gasteiger partial charge in [-0.05, 0) is 50.7 Å². The number of aryl methyl sites for hydroxylation is 1. The first-order chi connectivity index (χ1) is 14.4. The van der Waals surface area contributed by atoms with Gasteiger partial charge in [-0.2, -0.15) is 5.10 Å². The molecule has 0 bridgehead atoms. The van der Waals surface area contributed by atoms with E-state index >= 15 is 0 Å². The monoisotopic (exact) mass is 412 g/mol. The molecule has 2 aliphatic carbocycles. The number of allylic oxidation sites excluding steroid dienone is 1. The van der Waals surface area contributed by atoms with Crippen LogP contribution in [0.4, 0.5) is 8.78 Å². The molecule has 30 heavy (non-hydrogen) atoms. The Kier molecular flexibility index (Phi) is 4.67. The van der Waals surface area contributed by atoms with Gasteiger partial charge in [-0.25, -0.2) is 18.3 Å². The third-order valence-corrected chi connectivity index (χ3v) is 6.32. The molecular formula is C22H26F2N6. The van der Waals surface area contributed by atoms with Gasteiger partial charge >= 0.3 is 0 Å². The Bertz CT molecular complexity index is 1040. The first-order valence-corrected chi connectivity index (χ1v) is 10.7. The Balaban J connectivity index is 1.43. The molecule has 0 aromatic carbocycles. The summed E-state index contributed by atoms with van der Waals surface area (Å²) in [6, 6.07) is 3.62. The fraction of sp³-hybridized carbons (Fsp3) is 0.545. The molecule has 1 aliphatic heterocycles. The highest BCUT2D eigenvalue weighted by atomic mass is 19.3. The van der Waals surface area contributed by atoms with E-state index in [0.29, 0.717) is 31.1 Å². The van der Waals surface area contributed by atoms with Crippen LogP contribution in [0.3, 0.4) is 0 Å². The quantitative estimate of drug-likeness (QED) is 0.770. The molecular weight excluding hydrogens is 386 g/mol. The molecule has 8 heteroatoms. The highest BCUT2D eigenvalue weighted by Gasteiger charge is 2.40. The van der Waals surface area contributed by atoms with E-state index in [2.05, 4.69) is 27.0 Å². The summed E-state index contributed by atoms with van der Waals surface area (Å²) >= 11 is 0. The summed E-state index contributed by atoms with van der Waals surface area (Å²) in [7, 11) is 0. The Hall–Kier alpha value is -2.64. The lowest BCUT2D eigenvalue weighted by molar-refractivity contribution is -0.0494. The molecule has 6 nitrogen and oxygen atoms in total. The molecule has 1 atom stereocenters. The molecule has 3 heterocycles. The second kappa shape index (κ2) is 7.25. The fourth-order valence-electron chi connectivity index (χ4n) is 4.50. The number of alkyl halides is 2.